The van der Waals surface area contributed by atoms with E-state index in [1.165, 1.54) is 24.0 Å². The monoisotopic (exact) mass is 237 g/mol. The number of fused-ring (bicyclic) bond motifs is 1. The molecule has 1 aromatic rings. The fourth-order valence-electron chi connectivity index (χ4n) is 2.41. The highest BCUT2D eigenvalue weighted by atomic mass is 19.1. The van der Waals surface area contributed by atoms with E-state index in [0.717, 1.165) is 12.2 Å². The van der Waals surface area contributed by atoms with Crippen molar-refractivity contribution in [2.45, 2.75) is 31.7 Å². The molecule has 17 heavy (non-hydrogen) atoms. The summed E-state index contributed by atoms with van der Waals surface area (Å²) in [6.45, 7) is 0.142. The largest absolute Gasteiger partial charge is 0.493 e. The second-order valence-corrected chi connectivity index (χ2v) is 4.49. The Bertz CT molecular complexity index is 367. The van der Waals surface area contributed by atoms with Gasteiger partial charge >= 0.3 is 0 Å². The van der Waals surface area contributed by atoms with Crippen molar-refractivity contribution in [3.05, 3.63) is 29.3 Å². The smallest absolute Gasteiger partial charge is 0.119 e. The highest BCUT2D eigenvalue weighted by Gasteiger charge is 2.18. The molecule has 0 amide bonds. The molecule has 0 heterocycles. The first-order valence-electron chi connectivity index (χ1n) is 6.34. The van der Waals surface area contributed by atoms with Crippen LogP contribution >= 0.6 is 0 Å². The van der Waals surface area contributed by atoms with E-state index >= 15 is 0 Å². The van der Waals surface area contributed by atoms with E-state index in [-0.39, 0.29) is 6.67 Å². The summed E-state index contributed by atoms with van der Waals surface area (Å²) in [5.74, 6) is 0.861. The van der Waals surface area contributed by atoms with Crippen LogP contribution in [0.25, 0.3) is 0 Å². The van der Waals surface area contributed by atoms with Crippen molar-refractivity contribution in [3.8, 4) is 5.75 Å². The van der Waals surface area contributed by atoms with Crippen molar-refractivity contribution in [1.82, 2.24) is 5.32 Å². The fourth-order valence-corrected chi connectivity index (χ4v) is 2.41. The lowest BCUT2D eigenvalue weighted by Crippen LogP contribution is -2.21. The minimum Gasteiger partial charge on any atom is -0.493 e. The zero-order valence-corrected chi connectivity index (χ0v) is 10.3. The van der Waals surface area contributed by atoms with Crippen LogP contribution in [0.5, 0.6) is 5.75 Å². The topological polar surface area (TPSA) is 21.3 Å². The van der Waals surface area contributed by atoms with Crippen LogP contribution in [0.1, 0.15) is 36.4 Å². The molecule has 0 spiro atoms. The lowest BCUT2D eigenvalue weighted by molar-refractivity contribution is 0.289. The quantitative estimate of drug-likeness (QED) is 0.795. The van der Waals surface area contributed by atoms with Crippen LogP contribution in [0, 0.1) is 0 Å². The first-order chi connectivity index (χ1) is 8.35. The average Bonchev–Trinajstić information content (AvgIpc) is 2.38. The molecular weight excluding hydrogens is 217 g/mol. The van der Waals surface area contributed by atoms with E-state index < -0.39 is 0 Å². The minimum atomic E-state index is -0.315. The number of alkyl halides is 1. The number of nitrogens with one attached hydrogen (secondary N) is 1. The Labute approximate surface area is 102 Å². The molecule has 0 aliphatic heterocycles. The molecule has 0 aromatic heterocycles. The Hall–Kier alpha value is -1.09. The number of aryl methyl sites for hydroxylation is 1. The second-order valence-electron chi connectivity index (χ2n) is 4.49. The molecule has 0 fully saturated rings. The van der Waals surface area contributed by atoms with E-state index in [9.17, 15) is 4.39 Å². The van der Waals surface area contributed by atoms with Crippen molar-refractivity contribution in [2.24, 2.45) is 0 Å². The summed E-state index contributed by atoms with van der Waals surface area (Å²) in [7, 11) is 2.00. The van der Waals surface area contributed by atoms with E-state index in [0.29, 0.717) is 19.1 Å². The molecule has 1 atom stereocenters. The molecule has 1 aliphatic carbocycles. The molecule has 1 aliphatic rings. The highest BCUT2D eigenvalue weighted by Crippen LogP contribution is 2.32. The summed E-state index contributed by atoms with van der Waals surface area (Å²) in [4.78, 5) is 0. The van der Waals surface area contributed by atoms with Crippen molar-refractivity contribution in [1.29, 1.82) is 0 Å². The van der Waals surface area contributed by atoms with Crippen LogP contribution in [0.15, 0.2) is 18.2 Å². The van der Waals surface area contributed by atoms with E-state index in [1.807, 2.05) is 13.1 Å². The lowest BCUT2D eigenvalue weighted by Gasteiger charge is -2.25. The predicted molar refractivity (Wildman–Crippen MR) is 67.3 cm³/mol. The number of benzene rings is 1. The average molecular weight is 237 g/mol. The van der Waals surface area contributed by atoms with Gasteiger partial charge in [0.2, 0.25) is 0 Å². The lowest BCUT2D eigenvalue weighted by atomic mass is 9.87. The summed E-state index contributed by atoms with van der Waals surface area (Å²) in [6.07, 6.45) is 4.03. The first kappa shape index (κ1) is 12.4. The molecule has 0 bridgehead atoms. The first-order valence-corrected chi connectivity index (χ1v) is 6.34. The maximum atomic E-state index is 12.0. The Morgan fingerprint density at radius 1 is 1.47 bits per heavy atom. The second kappa shape index (κ2) is 6.01. The van der Waals surface area contributed by atoms with Crippen LogP contribution in [0.3, 0.4) is 0 Å². The van der Waals surface area contributed by atoms with Gasteiger partial charge in [0.15, 0.2) is 0 Å². The van der Waals surface area contributed by atoms with Crippen molar-refractivity contribution >= 4 is 0 Å². The molecule has 0 radical (unpaired) electrons. The van der Waals surface area contributed by atoms with Crippen LogP contribution in [-0.4, -0.2) is 20.3 Å². The van der Waals surface area contributed by atoms with E-state index in [1.54, 1.807) is 0 Å². The zero-order valence-electron chi connectivity index (χ0n) is 10.3. The Morgan fingerprint density at radius 2 is 2.35 bits per heavy atom. The highest BCUT2D eigenvalue weighted by molar-refractivity contribution is 5.39. The third-order valence-electron chi connectivity index (χ3n) is 3.33. The van der Waals surface area contributed by atoms with Gasteiger partial charge in [-0.3, -0.25) is 4.39 Å². The molecule has 1 unspecified atom stereocenters. The molecule has 2 nitrogen and oxygen atoms in total. The van der Waals surface area contributed by atoms with Gasteiger partial charge in [-0.15, -0.1) is 0 Å². The van der Waals surface area contributed by atoms with Crippen molar-refractivity contribution in [2.75, 3.05) is 20.3 Å². The molecule has 0 saturated heterocycles. The van der Waals surface area contributed by atoms with E-state index in [2.05, 4.69) is 17.4 Å². The Balaban J connectivity index is 2.10. The third-order valence-corrected chi connectivity index (χ3v) is 3.33. The standard InChI is InChI=1S/C14H20FNO/c1-16-14-5-2-4-11-6-7-12(10-13(11)14)17-9-3-8-15/h6-7,10,14,16H,2-5,8-9H2,1H3. The number of rotatable bonds is 5. The molecule has 3 heteroatoms. The van der Waals surface area contributed by atoms with Gasteiger partial charge < -0.3 is 10.1 Å². The van der Waals surface area contributed by atoms with Gasteiger partial charge in [-0.2, -0.15) is 0 Å². The number of hydrogen-bond acceptors (Lipinski definition) is 2. The zero-order chi connectivity index (χ0) is 12.1. The molecule has 0 saturated carbocycles. The van der Waals surface area contributed by atoms with Gasteiger partial charge in [-0.25, -0.2) is 0 Å². The van der Waals surface area contributed by atoms with Crippen LogP contribution < -0.4 is 10.1 Å². The summed E-state index contributed by atoms with van der Waals surface area (Å²) in [5, 5.41) is 3.34. The SMILES string of the molecule is CNC1CCCc2ccc(OCCCF)cc21. The molecule has 2 rings (SSSR count). The summed E-state index contributed by atoms with van der Waals surface area (Å²) in [5.41, 5.74) is 2.75. The fraction of sp³-hybridized carbons (Fsp3) is 0.571. The maximum Gasteiger partial charge on any atom is 0.119 e. The van der Waals surface area contributed by atoms with Gasteiger partial charge in [-0.05, 0) is 49.6 Å². The van der Waals surface area contributed by atoms with Crippen molar-refractivity contribution < 1.29 is 9.13 Å². The number of ether oxygens (including phenoxy) is 1. The van der Waals surface area contributed by atoms with Gasteiger partial charge in [0, 0.05) is 12.5 Å². The summed E-state index contributed by atoms with van der Waals surface area (Å²) in [6, 6.07) is 6.68. The Morgan fingerprint density at radius 3 is 3.12 bits per heavy atom. The Kier molecular flexibility index (Phi) is 4.37. The molecule has 1 N–H and O–H groups in total. The van der Waals surface area contributed by atoms with Gasteiger partial charge in [0.05, 0.1) is 13.3 Å². The van der Waals surface area contributed by atoms with Gasteiger partial charge in [0.25, 0.3) is 0 Å². The molecular formula is C14H20FNO. The maximum absolute atomic E-state index is 12.0. The normalized spacial score (nSPS) is 18.8. The third kappa shape index (κ3) is 2.97. The summed E-state index contributed by atoms with van der Waals surface area (Å²) < 4.78 is 17.5. The molecule has 1 aromatic carbocycles. The van der Waals surface area contributed by atoms with Gasteiger partial charge in [-0.1, -0.05) is 6.07 Å². The molecule has 94 valence electrons. The van der Waals surface area contributed by atoms with Crippen LogP contribution in [0.4, 0.5) is 4.39 Å². The number of halogens is 1. The minimum absolute atomic E-state index is 0.315. The summed E-state index contributed by atoms with van der Waals surface area (Å²) >= 11 is 0. The predicted octanol–water partition coefficient (Wildman–Crippen LogP) is 3.02. The van der Waals surface area contributed by atoms with Gasteiger partial charge in [0.1, 0.15) is 5.75 Å². The van der Waals surface area contributed by atoms with Crippen LogP contribution in [-0.2, 0) is 6.42 Å². The van der Waals surface area contributed by atoms with E-state index in [4.69, 9.17) is 4.74 Å². The van der Waals surface area contributed by atoms with Crippen molar-refractivity contribution in [3.63, 3.8) is 0 Å². The number of hydrogen-bond donors (Lipinski definition) is 1. The van der Waals surface area contributed by atoms with Crippen LogP contribution in [0.2, 0.25) is 0 Å².